The SMILES string of the molecule is CCOC1OCC(CC)CC1CC. The van der Waals surface area contributed by atoms with Crippen molar-refractivity contribution in [3.8, 4) is 0 Å². The van der Waals surface area contributed by atoms with Crippen molar-refractivity contribution in [1.29, 1.82) is 0 Å². The number of rotatable bonds is 4. The van der Waals surface area contributed by atoms with E-state index >= 15 is 0 Å². The van der Waals surface area contributed by atoms with E-state index in [0.29, 0.717) is 5.92 Å². The van der Waals surface area contributed by atoms with Gasteiger partial charge in [0.1, 0.15) is 0 Å². The van der Waals surface area contributed by atoms with Crippen molar-refractivity contribution in [3.05, 3.63) is 0 Å². The molecule has 1 rings (SSSR count). The molecule has 1 fully saturated rings. The van der Waals surface area contributed by atoms with Gasteiger partial charge in [-0.2, -0.15) is 0 Å². The molecule has 1 saturated heterocycles. The van der Waals surface area contributed by atoms with E-state index in [4.69, 9.17) is 9.47 Å². The molecular formula is C11H22O2. The zero-order valence-corrected chi connectivity index (χ0v) is 9.08. The molecule has 0 amide bonds. The summed E-state index contributed by atoms with van der Waals surface area (Å²) in [6.45, 7) is 8.14. The molecule has 13 heavy (non-hydrogen) atoms. The van der Waals surface area contributed by atoms with Gasteiger partial charge < -0.3 is 9.47 Å². The van der Waals surface area contributed by atoms with Crippen molar-refractivity contribution < 1.29 is 9.47 Å². The molecule has 0 aromatic rings. The van der Waals surface area contributed by atoms with Gasteiger partial charge in [0.2, 0.25) is 0 Å². The van der Waals surface area contributed by atoms with Gasteiger partial charge in [0.05, 0.1) is 6.61 Å². The predicted octanol–water partition coefficient (Wildman–Crippen LogP) is 2.82. The van der Waals surface area contributed by atoms with Crippen molar-refractivity contribution in [2.24, 2.45) is 11.8 Å². The average Bonchev–Trinajstić information content (AvgIpc) is 2.19. The van der Waals surface area contributed by atoms with Gasteiger partial charge in [-0.3, -0.25) is 0 Å². The summed E-state index contributed by atoms with van der Waals surface area (Å²) < 4.78 is 11.3. The highest BCUT2D eigenvalue weighted by atomic mass is 16.7. The first-order valence-electron chi connectivity index (χ1n) is 5.54. The molecule has 0 aromatic carbocycles. The Hall–Kier alpha value is -0.0800. The van der Waals surface area contributed by atoms with Gasteiger partial charge in [-0.15, -0.1) is 0 Å². The lowest BCUT2D eigenvalue weighted by Gasteiger charge is -2.35. The van der Waals surface area contributed by atoms with Crippen LogP contribution in [0.2, 0.25) is 0 Å². The highest BCUT2D eigenvalue weighted by Crippen LogP contribution is 2.29. The Balaban J connectivity index is 2.40. The standard InChI is InChI=1S/C11H22O2/c1-4-9-7-10(5-2)11(12-6-3)13-8-9/h9-11H,4-8H2,1-3H3. The Morgan fingerprint density at radius 2 is 2.00 bits per heavy atom. The van der Waals surface area contributed by atoms with Crippen molar-refractivity contribution in [3.63, 3.8) is 0 Å². The van der Waals surface area contributed by atoms with Crippen molar-refractivity contribution in [2.45, 2.75) is 46.3 Å². The minimum absolute atomic E-state index is 0.0674. The third-order valence-electron chi connectivity index (χ3n) is 2.95. The summed E-state index contributed by atoms with van der Waals surface area (Å²) >= 11 is 0. The molecule has 78 valence electrons. The van der Waals surface area contributed by atoms with Crippen LogP contribution in [-0.4, -0.2) is 19.5 Å². The third kappa shape index (κ3) is 2.96. The fourth-order valence-electron chi connectivity index (χ4n) is 1.97. The van der Waals surface area contributed by atoms with E-state index in [1.54, 1.807) is 0 Å². The van der Waals surface area contributed by atoms with Crippen molar-refractivity contribution in [2.75, 3.05) is 13.2 Å². The Kier molecular flexibility index (Phi) is 4.74. The van der Waals surface area contributed by atoms with Gasteiger partial charge in [-0.05, 0) is 25.7 Å². The molecule has 0 spiro atoms. The van der Waals surface area contributed by atoms with Gasteiger partial charge in [-0.25, -0.2) is 0 Å². The number of ether oxygens (including phenoxy) is 2. The molecule has 0 radical (unpaired) electrons. The summed E-state index contributed by atoms with van der Waals surface area (Å²) in [5.41, 5.74) is 0. The van der Waals surface area contributed by atoms with E-state index in [0.717, 1.165) is 19.1 Å². The molecule has 2 nitrogen and oxygen atoms in total. The van der Waals surface area contributed by atoms with Crippen LogP contribution >= 0.6 is 0 Å². The molecule has 0 aromatic heterocycles. The third-order valence-corrected chi connectivity index (χ3v) is 2.95. The lowest BCUT2D eigenvalue weighted by Crippen LogP contribution is -2.36. The van der Waals surface area contributed by atoms with Gasteiger partial charge >= 0.3 is 0 Å². The van der Waals surface area contributed by atoms with Crippen LogP contribution in [0.5, 0.6) is 0 Å². The second kappa shape index (κ2) is 5.61. The quantitative estimate of drug-likeness (QED) is 0.672. The maximum absolute atomic E-state index is 5.70. The predicted molar refractivity (Wildman–Crippen MR) is 53.5 cm³/mol. The maximum atomic E-state index is 5.70. The summed E-state index contributed by atoms with van der Waals surface area (Å²) in [6, 6.07) is 0. The van der Waals surface area contributed by atoms with E-state index in [2.05, 4.69) is 13.8 Å². The topological polar surface area (TPSA) is 18.5 Å². The maximum Gasteiger partial charge on any atom is 0.160 e. The van der Waals surface area contributed by atoms with Gasteiger partial charge in [0.25, 0.3) is 0 Å². The highest BCUT2D eigenvalue weighted by molar-refractivity contribution is 4.72. The van der Waals surface area contributed by atoms with Crippen molar-refractivity contribution >= 4 is 0 Å². The first-order chi connectivity index (χ1) is 6.31. The van der Waals surface area contributed by atoms with E-state index in [1.807, 2.05) is 6.92 Å². The molecule has 1 heterocycles. The zero-order valence-electron chi connectivity index (χ0n) is 9.08. The second-order valence-electron chi connectivity index (χ2n) is 3.84. The molecule has 3 atom stereocenters. The fourth-order valence-corrected chi connectivity index (χ4v) is 1.97. The van der Waals surface area contributed by atoms with E-state index < -0.39 is 0 Å². The summed E-state index contributed by atoms with van der Waals surface area (Å²) in [4.78, 5) is 0. The monoisotopic (exact) mass is 186 g/mol. The molecule has 0 saturated carbocycles. The van der Waals surface area contributed by atoms with Crippen LogP contribution in [0.25, 0.3) is 0 Å². The van der Waals surface area contributed by atoms with E-state index in [-0.39, 0.29) is 6.29 Å². The molecule has 0 aliphatic carbocycles. The first kappa shape index (κ1) is 11.0. The minimum atomic E-state index is 0.0674. The zero-order chi connectivity index (χ0) is 9.68. The van der Waals surface area contributed by atoms with Crippen molar-refractivity contribution in [1.82, 2.24) is 0 Å². The van der Waals surface area contributed by atoms with Crippen LogP contribution < -0.4 is 0 Å². The largest absolute Gasteiger partial charge is 0.353 e. The van der Waals surface area contributed by atoms with Gasteiger partial charge in [0, 0.05) is 12.5 Å². The summed E-state index contributed by atoms with van der Waals surface area (Å²) in [5, 5.41) is 0. The molecule has 2 heteroatoms. The molecule has 1 aliphatic heterocycles. The minimum Gasteiger partial charge on any atom is -0.353 e. The molecule has 0 bridgehead atoms. The Bertz CT molecular complexity index is 136. The van der Waals surface area contributed by atoms with Crippen LogP contribution in [-0.2, 0) is 9.47 Å². The Labute approximate surface area is 81.6 Å². The first-order valence-corrected chi connectivity index (χ1v) is 5.54. The summed E-state index contributed by atoms with van der Waals surface area (Å²) in [7, 11) is 0. The highest BCUT2D eigenvalue weighted by Gasteiger charge is 2.29. The van der Waals surface area contributed by atoms with Crippen LogP contribution in [0.3, 0.4) is 0 Å². The molecular weight excluding hydrogens is 164 g/mol. The van der Waals surface area contributed by atoms with Crippen LogP contribution in [0.1, 0.15) is 40.0 Å². The van der Waals surface area contributed by atoms with E-state index in [1.165, 1.54) is 19.3 Å². The average molecular weight is 186 g/mol. The van der Waals surface area contributed by atoms with Crippen LogP contribution in [0, 0.1) is 11.8 Å². The normalized spacial score (nSPS) is 34.8. The van der Waals surface area contributed by atoms with Crippen LogP contribution in [0.4, 0.5) is 0 Å². The summed E-state index contributed by atoms with van der Waals surface area (Å²) in [5.74, 6) is 1.36. The second-order valence-corrected chi connectivity index (χ2v) is 3.84. The lowest BCUT2D eigenvalue weighted by atomic mass is 9.88. The molecule has 3 unspecified atom stereocenters. The molecule has 1 aliphatic rings. The van der Waals surface area contributed by atoms with Gasteiger partial charge in [0.15, 0.2) is 6.29 Å². The number of hydrogen-bond acceptors (Lipinski definition) is 2. The van der Waals surface area contributed by atoms with Crippen LogP contribution in [0.15, 0.2) is 0 Å². The van der Waals surface area contributed by atoms with Gasteiger partial charge in [-0.1, -0.05) is 20.3 Å². The Morgan fingerprint density at radius 1 is 1.23 bits per heavy atom. The fraction of sp³-hybridized carbons (Fsp3) is 1.00. The van der Waals surface area contributed by atoms with E-state index in [9.17, 15) is 0 Å². The Morgan fingerprint density at radius 3 is 2.54 bits per heavy atom. The number of hydrogen-bond donors (Lipinski definition) is 0. The molecule has 0 N–H and O–H groups in total. The lowest BCUT2D eigenvalue weighted by molar-refractivity contribution is -0.204. The smallest absolute Gasteiger partial charge is 0.160 e. The summed E-state index contributed by atoms with van der Waals surface area (Å²) in [6.07, 6.45) is 3.74.